The zero-order valence-electron chi connectivity index (χ0n) is 17.8. The summed E-state index contributed by atoms with van der Waals surface area (Å²) in [5, 5.41) is 2.52. The number of carbonyl (C=O) groups is 2. The quantitative estimate of drug-likeness (QED) is 0.114. The standard InChI is InChI=1S/C19H31N7O5S/c20-19(21)22-10-4-8-15(13-27)23-17(28)12-26-11-5-9-16(18(26)29)25-32(30,31)24-14-6-2-1-3-7-14/h5,9,11,13-15,24-25H,1-4,6-8,10,12H2,(H,23,28)(H4,20,21,22)/t15-/m0/s1. The summed E-state index contributed by atoms with van der Waals surface area (Å²) in [5.74, 6) is -0.619. The van der Waals surface area contributed by atoms with Crippen LogP contribution in [0, 0.1) is 0 Å². The average molecular weight is 470 g/mol. The highest BCUT2D eigenvalue weighted by Crippen LogP contribution is 2.18. The van der Waals surface area contributed by atoms with Gasteiger partial charge >= 0.3 is 0 Å². The lowest BCUT2D eigenvalue weighted by Crippen LogP contribution is -2.42. The van der Waals surface area contributed by atoms with Crippen LogP contribution in [0.1, 0.15) is 44.9 Å². The first-order valence-corrected chi connectivity index (χ1v) is 12.0. The van der Waals surface area contributed by atoms with E-state index in [4.69, 9.17) is 11.5 Å². The summed E-state index contributed by atoms with van der Waals surface area (Å²) in [6.07, 6.45) is 7.26. The third-order valence-corrected chi connectivity index (χ3v) is 6.12. The summed E-state index contributed by atoms with van der Waals surface area (Å²) in [4.78, 5) is 39.9. The van der Waals surface area contributed by atoms with Gasteiger partial charge in [0.1, 0.15) is 18.5 Å². The Morgan fingerprint density at radius 2 is 2.00 bits per heavy atom. The van der Waals surface area contributed by atoms with Crippen LogP contribution >= 0.6 is 0 Å². The molecule has 0 spiro atoms. The number of hydrogen-bond acceptors (Lipinski definition) is 6. The van der Waals surface area contributed by atoms with Crippen molar-refractivity contribution in [3.05, 3.63) is 28.7 Å². The Kier molecular flexibility index (Phi) is 9.65. The van der Waals surface area contributed by atoms with Crippen molar-refractivity contribution in [2.75, 3.05) is 11.3 Å². The molecule has 0 aromatic carbocycles. The molecule has 1 aliphatic carbocycles. The largest absolute Gasteiger partial charge is 0.370 e. The minimum Gasteiger partial charge on any atom is -0.370 e. The Morgan fingerprint density at radius 1 is 1.28 bits per heavy atom. The van der Waals surface area contributed by atoms with Crippen molar-refractivity contribution in [2.45, 2.75) is 63.6 Å². The van der Waals surface area contributed by atoms with Crippen LogP contribution in [-0.4, -0.2) is 49.8 Å². The van der Waals surface area contributed by atoms with E-state index in [-0.39, 0.29) is 24.2 Å². The second-order valence-corrected chi connectivity index (χ2v) is 9.12. The van der Waals surface area contributed by atoms with Crippen molar-refractivity contribution < 1.29 is 18.0 Å². The van der Waals surface area contributed by atoms with E-state index < -0.39 is 27.7 Å². The minimum absolute atomic E-state index is 0.0551. The zero-order chi connectivity index (χ0) is 23.6. The van der Waals surface area contributed by atoms with Crippen molar-refractivity contribution in [1.29, 1.82) is 0 Å². The third kappa shape index (κ3) is 8.67. The number of aromatic nitrogens is 1. The number of guanidine groups is 1. The highest BCUT2D eigenvalue weighted by molar-refractivity contribution is 7.90. The summed E-state index contributed by atoms with van der Waals surface area (Å²) in [5.41, 5.74) is 9.61. The predicted octanol–water partition coefficient (Wildman–Crippen LogP) is -0.835. The van der Waals surface area contributed by atoms with Crippen molar-refractivity contribution in [2.24, 2.45) is 16.5 Å². The van der Waals surface area contributed by atoms with Gasteiger partial charge in [-0.25, -0.2) is 0 Å². The number of aldehydes is 1. The molecule has 1 atom stereocenters. The van der Waals surface area contributed by atoms with Crippen LogP contribution in [0.2, 0.25) is 0 Å². The first-order chi connectivity index (χ1) is 15.2. The van der Waals surface area contributed by atoms with E-state index in [0.717, 1.165) is 36.7 Å². The maximum absolute atomic E-state index is 12.6. The fourth-order valence-corrected chi connectivity index (χ4v) is 4.63. The number of nitrogens with two attached hydrogens (primary N) is 2. The summed E-state index contributed by atoms with van der Waals surface area (Å²) in [6.45, 7) is -0.0538. The summed E-state index contributed by atoms with van der Waals surface area (Å²) < 4.78 is 30.7. The minimum atomic E-state index is -3.93. The number of amides is 1. The van der Waals surface area contributed by atoms with E-state index in [9.17, 15) is 22.8 Å². The molecule has 1 amide bonds. The molecule has 0 saturated heterocycles. The number of carbonyl (C=O) groups excluding carboxylic acids is 2. The van der Waals surface area contributed by atoms with Gasteiger partial charge in [0, 0.05) is 18.8 Å². The highest BCUT2D eigenvalue weighted by atomic mass is 32.2. The SMILES string of the molecule is NC(N)=NCCC[C@@H](C=O)NC(=O)Cn1cccc(NS(=O)(=O)NC2CCCCC2)c1=O. The second kappa shape index (κ2) is 12.2. The molecular weight excluding hydrogens is 438 g/mol. The van der Waals surface area contributed by atoms with Crippen molar-refractivity contribution in [1.82, 2.24) is 14.6 Å². The highest BCUT2D eigenvalue weighted by Gasteiger charge is 2.21. The maximum Gasteiger partial charge on any atom is 0.299 e. The van der Waals surface area contributed by atoms with Crippen LogP contribution in [0.5, 0.6) is 0 Å². The predicted molar refractivity (Wildman–Crippen MR) is 121 cm³/mol. The molecule has 12 nitrogen and oxygen atoms in total. The van der Waals surface area contributed by atoms with Crippen LogP contribution in [-0.2, 0) is 26.3 Å². The topological polar surface area (TPSA) is 191 Å². The molecule has 1 aromatic heterocycles. The molecule has 1 aliphatic rings. The van der Waals surface area contributed by atoms with Gasteiger partial charge in [-0.15, -0.1) is 0 Å². The molecule has 1 saturated carbocycles. The molecule has 7 N–H and O–H groups in total. The van der Waals surface area contributed by atoms with Crippen LogP contribution in [0.3, 0.4) is 0 Å². The van der Waals surface area contributed by atoms with Crippen molar-refractivity contribution in [3.8, 4) is 0 Å². The Labute approximate surface area is 187 Å². The molecule has 0 bridgehead atoms. The Hall–Kier alpha value is -2.93. The Balaban J connectivity index is 1.95. The van der Waals surface area contributed by atoms with Crippen LogP contribution < -0.4 is 31.8 Å². The molecule has 1 fully saturated rings. The summed E-state index contributed by atoms with van der Waals surface area (Å²) >= 11 is 0. The van der Waals surface area contributed by atoms with Gasteiger partial charge in [0.2, 0.25) is 5.91 Å². The molecule has 0 aliphatic heterocycles. The first kappa shape index (κ1) is 25.3. The van der Waals surface area contributed by atoms with Gasteiger partial charge in [0.05, 0.1) is 6.04 Å². The van der Waals surface area contributed by atoms with Gasteiger partial charge in [-0.05, 0) is 37.8 Å². The fourth-order valence-electron chi connectivity index (χ4n) is 3.45. The Morgan fingerprint density at radius 3 is 2.66 bits per heavy atom. The molecule has 13 heteroatoms. The first-order valence-electron chi connectivity index (χ1n) is 10.5. The summed E-state index contributed by atoms with van der Waals surface area (Å²) in [7, 11) is -3.93. The zero-order valence-corrected chi connectivity index (χ0v) is 18.6. The van der Waals surface area contributed by atoms with Gasteiger partial charge < -0.3 is 26.1 Å². The smallest absolute Gasteiger partial charge is 0.299 e. The maximum atomic E-state index is 12.6. The van der Waals surface area contributed by atoms with Crippen LogP contribution in [0.25, 0.3) is 0 Å². The van der Waals surface area contributed by atoms with E-state index in [2.05, 4.69) is 19.8 Å². The number of nitrogens with one attached hydrogen (secondary N) is 3. The number of rotatable bonds is 12. The van der Waals surface area contributed by atoms with E-state index in [1.54, 1.807) is 0 Å². The van der Waals surface area contributed by atoms with Gasteiger partial charge in [0.15, 0.2) is 5.96 Å². The van der Waals surface area contributed by atoms with Gasteiger partial charge in [-0.2, -0.15) is 13.1 Å². The Bertz CT molecular complexity index is 967. The number of aliphatic imine (C=N–C) groups is 1. The molecule has 0 unspecified atom stereocenters. The number of nitrogens with zero attached hydrogens (tertiary/aromatic N) is 2. The van der Waals surface area contributed by atoms with Gasteiger partial charge in [0.25, 0.3) is 15.8 Å². The lowest BCUT2D eigenvalue weighted by atomic mass is 9.96. The van der Waals surface area contributed by atoms with Gasteiger partial charge in [-0.3, -0.25) is 19.3 Å². The van der Waals surface area contributed by atoms with E-state index in [0.29, 0.717) is 25.7 Å². The monoisotopic (exact) mass is 469 g/mol. The van der Waals surface area contributed by atoms with Crippen LogP contribution in [0.15, 0.2) is 28.1 Å². The molecule has 0 radical (unpaired) electrons. The van der Waals surface area contributed by atoms with Gasteiger partial charge in [-0.1, -0.05) is 19.3 Å². The number of hydrogen-bond donors (Lipinski definition) is 5. The van der Waals surface area contributed by atoms with E-state index in [1.165, 1.54) is 18.3 Å². The van der Waals surface area contributed by atoms with Crippen molar-refractivity contribution >= 4 is 34.0 Å². The van der Waals surface area contributed by atoms with E-state index in [1.807, 2.05) is 0 Å². The molecule has 1 aromatic rings. The average Bonchev–Trinajstić information content (AvgIpc) is 2.73. The van der Waals surface area contributed by atoms with Crippen LogP contribution in [0.4, 0.5) is 5.69 Å². The lowest BCUT2D eigenvalue weighted by Gasteiger charge is -2.22. The fraction of sp³-hybridized carbons (Fsp3) is 0.579. The molecule has 178 valence electrons. The molecule has 32 heavy (non-hydrogen) atoms. The second-order valence-electron chi connectivity index (χ2n) is 7.67. The summed E-state index contributed by atoms with van der Waals surface area (Å²) in [6, 6.07) is 1.87. The lowest BCUT2D eigenvalue weighted by molar-refractivity contribution is -0.124. The number of anilines is 1. The van der Waals surface area contributed by atoms with E-state index >= 15 is 0 Å². The third-order valence-electron chi connectivity index (χ3n) is 4.98. The molecule has 1 heterocycles. The molecule has 2 rings (SSSR count). The normalized spacial score (nSPS) is 15.5. The van der Waals surface area contributed by atoms with Crippen molar-refractivity contribution in [3.63, 3.8) is 0 Å². The number of pyridine rings is 1. The molecular formula is C19H31N7O5S.